The van der Waals surface area contributed by atoms with Crippen molar-refractivity contribution in [2.75, 3.05) is 0 Å². The molecule has 3 aromatic rings. The molecule has 3 rings (SSSR count). The highest BCUT2D eigenvalue weighted by Gasteiger charge is 2.30. The molecule has 7 heteroatoms. The average molecular weight is 306 g/mol. The Balaban J connectivity index is 2.01. The van der Waals surface area contributed by atoms with E-state index in [4.69, 9.17) is 0 Å². The number of hydrogen-bond donors (Lipinski definition) is 0. The number of ether oxygens (including phenoxy) is 1. The van der Waals surface area contributed by atoms with E-state index in [1.807, 2.05) is 0 Å². The highest BCUT2D eigenvalue weighted by molar-refractivity contribution is 5.80. The molecule has 22 heavy (non-hydrogen) atoms. The second-order valence-corrected chi connectivity index (χ2v) is 4.49. The summed E-state index contributed by atoms with van der Waals surface area (Å²) in [5, 5.41) is 5.20. The number of nitrogens with zero attached hydrogens (tertiary/aromatic N) is 2. The van der Waals surface area contributed by atoms with Gasteiger partial charge in [0.2, 0.25) is 0 Å². The maximum Gasteiger partial charge on any atom is 0.573 e. The van der Waals surface area contributed by atoms with Crippen molar-refractivity contribution >= 4 is 10.8 Å². The smallest absolute Gasteiger partial charge is 0.406 e. The number of benzene rings is 2. The van der Waals surface area contributed by atoms with E-state index in [1.165, 1.54) is 18.3 Å². The van der Waals surface area contributed by atoms with Crippen molar-refractivity contribution < 1.29 is 17.9 Å². The minimum atomic E-state index is -4.75. The summed E-state index contributed by atoms with van der Waals surface area (Å²) in [7, 11) is 0. The SMILES string of the molecule is O=c1c2ccccc2cnn1-c1ccc(OC(F)(F)F)cc1. The Morgan fingerprint density at radius 3 is 2.36 bits per heavy atom. The summed E-state index contributed by atoms with van der Waals surface area (Å²) in [6.07, 6.45) is -3.23. The van der Waals surface area contributed by atoms with E-state index in [0.717, 1.165) is 16.8 Å². The molecule has 0 amide bonds. The van der Waals surface area contributed by atoms with E-state index in [9.17, 15) is 18.0 Å². The predicted molar refractivity (Wildman–Crippen MR) is 74.0 cm³/mol. The number of fused-ring (bicyclic) bond motifs is 1. The van der Waals surface area contributed by atoms with E-state index in [1.54, 1.807) is 24.3 Å². The van der Waals surface area contributed by atoms with Gasteiger partial charge in [-0.3, -0.25) is 4.79 Å². The van der Waals surface area contributed by atoms with Crippen molar-refractivity contribution in [3.8, 4) is 11.4 Å². The molecule has 0 radical (unpaired) electrons. The largest absolute Gasteiger partial charge is 0.573 e. The first-order valence-corrected chi connectivity index (χ1v) is 6.27. The van der Waals surface area contributed by atoms with Gasteiger partial charge >= 0.3 is 6.36 Å². The molecule has 0 saturated carbocycles. The van der Waals surface area contributed by atoms with Crippen LogP contribution in [0.1, 0.15) is 0 Å². The van der Waals surface area contributed by atoms with Gasteiger partial charge in [-0.2, -0.15) is 9.78 Å². The van der Waals surface area contributed by atoms with Gasteiger partial charge in [-0.15, -0.1) is 13.2 Å². The van der Waals surface area contributed by atoms with Gasteiger partial charge < -0.3 is 4.74 Å². The van der Waals surface area contributed by atoms with E-state index >= 15 is 0 Å². The van der Waals surface area contributed by atoms with Crippen LogP contribution in [0.5, 0.6) is 5.75 Å². The molecule has 0 aliphatic carbocycles. The van der Waals surface area contributed by atoms with E-state index in [-0.39, 0.29) is 11.3 Å². The second-order valence-electron chi connectivity index (χ2n) is 4.49. The molecule has 0 spiro atoms. The summed E-state index contributed by atoms with van der Waals surface area (Å²) in [6, 6.07) is 11.9. The molecule has 4 nitrogen and oxygen atoms in total. The lowest BCUT2D eigenvalue weighted by atomic mass is 10.2. The topological polar surface area (TPSA) is 44.1 Å². The maximum absolute atomic E-state index is 12.3. The van der Waals surface area contributed by atoms with E-state index in [2.05, 4.69) is 9.84 Å². The standard InChI is InChI=1S/C15H9F3N2O2/c16-15(17,18)22-12-7-5-11(6-8-12)20-14(21)13-4-2-1-3-10(13)9-19-20/h1-9H. The first-order chi connectivity index (χ1) is 10.4. The summed E-state index contributed by atoms with van der Waals surface area (Å²) in [5.41, 5.74) is 0.00728. The van der Waals surface area contributed by atoms with Crippen molar-refractivity contribution in [2.45, 2.75) is 6.36 Å². The van der Waals surface area contributed by atoms with Crippen LogP contribution in [0.25, 0.3) is 16.5 Å². The number of hydrogen-bond acceptors (Lipinski definition) is 3. The first-order valence-electron chi connectivity index (χ1n) is 6.27. The Kier molecular flexibility index (Phi) is 3.32. The van der Waals surface area contributed by atoms with Gasteiger partial charge in [-0.1, -0.05) is 18.2 Å². The summed E-state index contributed by atoms with van der Waals surface area (Å²) in [6.45, 7) is 0. The molecule has 1 heterocycles. The summed E-state index contributed by atoms with van der Waals surface area (Å²) >= 11 is 0. The molecular formula is C15H9F3N2O2. The van der Waals surface area contributed by atoms with Crippen LogP contribution in [0.3, 0.4) is 0 Å². The molecule has 0 unspecified atom stereocenters. The molecule has 0 aliphatic rings. The molecule has 0 N–H and O–H groups in total. The van der Waals surface area contributed by atoms with Gasteiger partial charge in [0.15, 0.2) is 0 Å². The molecule has 1 aromatic heterocycles. The Hall–Kier alpha value is -2.83. The zero-order valence-electron chi connectivity index (χ0n) is 11.0. The van der Waals surface area contributed by atoms with Crippen molar-refractivity contribution in [2.24, 2.45) is 0 Å². The van der Waals surface area contributed by atoms with Crippen molar-refractivity contribution in [1.29, 1.82) is 0 Å². The van der Waals surface area contributed by atoms with Crippen LogP contribution in [0.4, 0.5) is 13.2 Å². The Morgan fingerprint density at radius 2 is 1.68 bits per heavy atom. The quantitative estimate of drug-likeness (QED) is 0.730. The molecule has 0 bridgehead atoms. The first kappa shape index (κ1) is 14.1. The van der Waals surface area contributed by atoms with Crippen molar-refractivity contribution in [1.82, 2.24) is 9.78 Å². The average Bonchev–Trinajstić information content (AvgIpc) is 2.47. The van der Waals surface area contributed by atoms with Crippen LogP contribution < -0.4 is 10.3 Å². The number of alkyl halides is 3. The Labute approximate surface area is 122 Å². The van der Waals surface area contributed by atoms with Gasteiger partial charge in [0.1, 0.15) is 5.75 Å². The fraction of sp³-hybridized carbons (Fsp3) is 0.0667. The summed E-state index contributed by atoms with van der Waals surface area (Å²) < 4.78 is 41.3. The molecule has 112 valence electrons. The minimum absolute atomic E-state index is 0.345. The van der Waals surface area contributed by atoms with Gasteiger partial charge in [-0.05, 0) is 30.3 Å². The number of halogens is 3. The van der Waals surface area contributed by atoms with Gasteiger partial charge in [-0.25, -0.2) is 0 Å². The van der Waals surface area contributed by atoms with Gasteiger partial charge in [0, 0.05) is 5.39 Å². The lowest BCUT2D eigenvalue weighted by molar-refractivity contribution is -0.274. The number of aromatic nitrogens is 2. The zero-order valence-corrected chi connectivity index (χ0v) is 11.0. The fourth-order valence-electron chi connectivity index (χ4n) is 2.06. The number of rotatable bonds is 2. The third kappa shape index (κ3) is 2.78. The van der Waals surface area contributed by atoms with Crippen molar-refractivity contribution in [3.05, 3.63) is 65.1 Å². The molecular weight excluding hydrogens is 297 g/mol. The van der Waals surface area contributed by atoms with Crippen LogP contribution in [0.2, 0.25) is 0 Å². The Morgan fingerprint density at radius 1 is 1.00 bits per heavy atom. The van der Waals surface area contributed by atoms with Crippen LogP contribution in [0.15, 0.2) is 59.5 Å². The van der Waals surface area contributed by atoms with Gasteiger partial charge in [0.25, 0.3) is 5.56 Å². The van der Waals surface area contributed by atoms with Crippen LogP contribution in [-0.4, -0.2) is 16.1 Å². The normalized spacial score (nSPS) is 11.6. The molecule has 0 aliphatic heterocycles. The highest BCUT2D eigenvalue weighted by atomic mass is 19.4. The fourth-order valence-corrected chi connectivity index (χ4v) is 2.06. The third-order valence-electron chi connectivity index (χ3n) is 3.01. The molecule has 0 saturated heterocycles. The molecule has 2 aromatic carbocycles. The maximum atomic E-state index is 12.3. The van der Waals surface area contributed by atoms with Crippen LogP contribution >= 0.6 is 0 Å². The van der Waals surface area contributed by atoms with Crippen molar-refractivity contribution in [3.63, 3.8) is 0 Å². The summed E-state index contributed by atoms with van der Waals surface area (Å²) in [5.74, 6) is -0.356. The lowest BCUT2D eigenvalue weighted by Crippen LogP contribution is -2.21. The van der Waals surface area contributed by atoms with E-state index in [0.29, 0.717) is 16.5 Å². The monoisotopic (exact) mass is 306 g/mol. The van der Waals surface area contributed by atoms with Crippen LogP contribution in [0, 0.1) is 0 Å². The highest BCUT2D eigenvalue weighted by Crippen LogP contribution is 2.23. The third-order valence-corrected chi connectivity index (χ3v) is 3.01. The Bertz CT molecular complexity index is 870. The molecule has 0 fully saturated rings. The zero-order chi connectivity index (χ0) is 15.7. The predicted octanol–water partition coefficient (Wildman–Crippen LogP) is 3.28. The van der Waals surface area contributed by atoms with Crippen LogP contribution in [-0.2, 0) is 0 Å². The van der Waals surface area contributed by atoms with Gasteiger partial charge in [0.05, 0.1) is 17.3 Å². The van der Waals surface area contributed by atoms with E-state index < -0.39 is 6.36 Å². The lowest BCUT2D eigenvalue weighted by Gasteiger charge is -2.10. The minimum Gasteiger partial charge on any atom is -0.406 e. The summed E-state index contributed by atoms with van der Waals surface area (Å²) in [4.78, 5) is 12.3. The molecule has 0 atom stereocenters. The second kappa shape index (κ2) is 5.18.